The molecule has 1 saturated heterocycles. The molecule has 0 bridgehead atoms. The van der Waals surface area contributed by atoms with E-state index in [9.17, 15) is 13.6 Å². The molecule has 3 nitrogen and oxygen atoms in total. The Morgan fingerprint density at radius 2 is 2.09 bits per heavy atom. The van der Waals surface area contributed by atoms with Crippen molar-refractivity contribution >= 4 is 17.7 Å². The Balaban J connectivity index is 0.00000116. The summed E-state index contributed by atoms with van der Waals surface area (Å²) in [7, 11) is 1.50. The van der Waals surface area contributed by atoms with Crippen LogP contribution < -0.4 is 5.73 Å². The fourth-order valence-corrected chi connectivity index (χ4v) is 3.03. The Morgan fingerprint density at radius 3 is 2.77 bits per heavy atom. The molecule has 1 heterocycles. The lowest BCUT2D eigenvalue weighted by molar-refractivity contribution is -0.130. The minimum Gasteiger partial charge on any atom is -0.341 e. The van der Waals surface area contributed by atoms with E-state index in [1.54, 1.807) is 22.7 Å². The predicted molar refractivity (Wildman–Crippen MR) is 88.0 cm³/mol. The van der Waals surface area contributed by atoms with E-state index in [0.29, 0.717) is 25.1 Å². The van der Waals surface area contributed by atoms with Crippen molar-refractivity contribution in [2.45, 2.75) is 25.2 Å². The smallest absolute Gasteiger partial charge is 0.222 e. The summed E-state index contributed by atoms with van der Waals surface area (Å²) in [4.78, 5) is 13.8. The number of amides is 1. The van der Waals surface area contributed by atoms with E-state index in [1.165, 1.54) is 13.1 Å². The molecule has 1 fully saturated rings. The number of carbonyl (C=O) groups is 1. The van der Waals surface area contributed by atoms with E-state index in [0.717, 1.165) is 24.7 Å². The fraction of sp³-hybridized carbons (Fsp3) is 0.562. The molecule has 1 aliphatic rings. The molecule has 0 aliphatic carbocycles. The van der Waals surface area contributed by atoms with Gasteiger partial charge in [-0.1, -0.05) is 12.1 Å². The van der Waals surface area contributed by atoms with Crippen LogP contribution in [0.5, 0.6) is 0 Å². The van der Waals surface area contributed by atoms with Gasteiger partial charge in [0.05, 0.1) is 0 Å². The Kier molecular flexibility index (Phi) is 8.42. The fourth-order valence-electron chi connectivity index (χ4n) is 2.62. The number of thioether (sulfide) groups is 1. The van der Waals surface area contributed by atoms with Gasteiger partial charge < -0.3 is 10.6 Å². The third-order valence-corrected chi connectivity index (χ3v) is 4.31. The predicted octanol–water partition coefficient (Wildman–Crippen LogP) is 3.00. The first-order valence-electron chi connectivity index (χ1n) is 7.42. The zero-order chi connectivity index (χ0) is 16.5. The second-order valence-corrected chi connectivity index (χ2v) is 6.05. The van der Waals surface area contributed by atoms with Crippen LogP contribution in [0.2, 0.25) is 0 Å². The molecule has 1 aliphatic heterocycles. The molecule has 6 heteroatoms. The average Bonchev–Trinajstić information content (AvgIpc) is 2.72. The minimum atomic E-state index is -0.811. The van der Waals surface area contributed by atoms with Gasteiger partial charge in [-0.2, -0.15) is 11.8 Å². The highest BCUT2D eigenvalue weighted by Gasteiger charge is 2.26. The number of nitrogens with zero attached hydrogens (tertiary/aromatic N) is 1. The molecule has 0 aromatic heterocycles. The minimum absolute atomic E-state index is 0.112. The van der Waals surface area contributed by atoms with Gasteiger partial charge in [-0.3, -0.25) is 4.79 Å². The Morgan fingerprint density at radius 1 is 1.36 bits per heavy atom. The molecule has 1 aromatic rings. The van der Waals surface area contributed by atoms with Crippen LogP contribution in [0.4, 0.5) is 8.78 Å². The van der Waals surface area contributed by atoms with E-state index in [2.05, 4.69) is 5.73 Å². The van der Waals surface area contributed by atoms with Gasteiger partial charge in [-0.05, 0) is 37.8 Å². The molecule has 1 amide bonds. The molecule has 124 valence electrons. The summed E-state index contributed by atoms with van der Waals surface area (Å²) >= 11 is 1.68. The number of benzene rings is 1. The first kappa shape index (κ1) is 18.9. The van der Waals surface area contributed by atoms with Crippen molar-refractivity contribution in [2.75, 3.05) is 32.1 Å². The molecule has 1 atom stereocenters. The standard InChI is InChI=1S/C15H19F2NOS.CH5N/c1-20-9-8-18-10-11(4-2-7-14(18)19)12-5-3-6-13(16)15(12)17;1-2/h3,5-6,11H,2,4,7-10H2,1H3;2H2,1H3/t11-;/m1./s1. The van der Waals surface area contributed by atoms with E-state index in [1.807, 2.05) is 6.26 Å². The van der Waals surface area contributed by atoms with Crippen LogP contribution in [0.15, 0.2) is 18.2 Å². The highest BCUT2D eigenvalue weighted by molar-refractivity contribution is 7.98. The van der Waals surface area contributed by atoms with Crippen molar-refractivity contribution in [2.24, 2.45) is 5.73 Å². The van der Waals surface area contributed by atoms with Gasteiger partial charge in [0.25, 0.3) is 0 Å². The van der Waals surface area contributed by atoms with Crippen molar-refractivity contribution in [3.63, 3.8) is 0 Å². The molecular formula is C16H24F2N2OS. The van der Waals surface area contributed by atoms with E-state index in [-0.39, 0.29) is 11.8 Å². The summed E-state index contributed by atoms with van der Waals surface area (Å²) < 4.78 is 27.3. The first-order valence-corrected chi connectivity index (χ1v) is 8.81. The molecule has 2 N–H and O–H groups in total. The Labute approximate surface area is 135 Å². The number of carbonyl (C=O) groups excluding carboxylic acids is 1. The second-order valence-electron chi connectivity index (χ2n) is 5.06. The van der Waals surface area contributed by atoms with Crippen molar-refractivity contribution in [1.29, 1.82) is 0 Å². The third kappa shape index (κ3) is 4.95. The number of halogens is 2. The van der Waals surface area contributed by atoms with Gasteiger partial charge in [0.1, 0.15) is 0 Å². The highest BCUT2D eigenvalue weighted by Crippen LogP contribution is 2.29. The quantitative estimate of drug-likeness (QED) is 0.923. The molecule has 1 aromatic carbocycles. The molecular weight excluding hydrogens is 306 g/mol. The molecule has 0 unspecified atom stereocenters. The van der Waals surface area contributed by atoms with Gasteiger partial charge in [-0.15, -0.1) is 0 Å². The maximum Gasteiger partial charge on any atom is 0.222 e. The van der Waals surface area contributed by atoms with Gasteiger partial charge in [0.15, 0.2) is 11.6 Å². The molecule has 0 saturated carbocycles. The summed E-state index contributed by atoms with van der Waals surface area (Å²) in [6.45, 7) is 1.16. The number of hydrogen-bond acceptors (Lipinski definition) is 3. The van der Waals surface area contributed by atoms with E-state index >= 15 is 0 Å². The van der Waals surface area contributed by atoms with Crippen molar-refractivity contribution < 1.29 is 13.6 Å². The summed E-state index contributed by atoms with van der Waals surface area (Å²) in [6, 6.07) is 4.30. The van der Waals surface area contributed by atoms with Crippen LogP contribution >= 0.6 is 11.8 Å². The summed E-state index contributed by atoms with van der Waals surface area (Å²) in [5, 5.41) is 0. The first-order chi connectivity index (χ1) is 10.6. The van der Waals surface area contributed by atoms with Crippen molar-refractivity contribution in [3.05, 3.63) is 35.4 Å². The summed E-state index contributed by atoms with van der Waals surface area (Å²) in [6.07, 6.45) is 3.95. The Bertz CT molecular complexity index is 485. The van der Waals surface area contributed by atoms with Gasteiger partial charge in [-0.25, -0.2) is 8.78 Å². The highest BCUT2D eigenvalue weighted by atomic mass is 32.2. The van der Waals surface area contributed by atoms with Crippen LogP contribution in [-0.4, -0.2) is 43.0 Å². The van der Waals surface area contributed by atoms with Gasteiger partial charge >= 0.3 is 0 Å². The zero-order valence-electron chi connectivity index (χ0n) is 13.1. The van der Waals surface area contributed by atoms with E-state index in [4.69, 9.17) is 0 Å². The third-order valence-electron chi connectivity index (χ3n) is 3.72. The van der Waals surface area contributed by atoms with Crippen LogP contribution in [0, 0.1) is 11.6 Å². The lowest BCUT2D eigenvalue weighted by atomic mass is 9.93. The monoisotopic (exact) mass is 330 g/mol. The number of rotatable bonds is 4. The Hall–Kier alpha value is -1.14. The van der Waals surface area contributed by atoms with E-state index < -0.39 is 11.6 Å². The normalized spacial score (nSPS) is 18.5. The second kappa shape index (κ2) is 9.79. The lowest BCUT2D eigenvalue weighted by Gasteiger charge is -2.25. The maximum absolute atomic E-state index is 13.9. The SMILES string of the molecule is CN.CSCCN1C[C@H](c2cccc(F)c2F)CCCC1=O. The molecule has 0 spiro atoms. The van der Waals surface area contributed by atoms with Crippen LogP contribution in [0.3, 0.4) is 0 Å². The van der Waals surface area contributed by atoms with Gasteiger partial charge in [0, 0.05) is 31.2 Å². The summed E-state index contributed by atoms with van der Waals surface area (Å²) in [5.41, 5.74) is 4.90. The average molecular weight is 330 g/mol. The zero-order valence-corrected chi connectivity index (χ0v) is 14.0. The van der Waals surface area contributed by atoms with Gasteiger partial charge in [0.2, 0.25) is 5.91 Å². The number of likely N-dealkylation sites (tertiary alicyclic amines) is 1. The van der Waals surface area contributed by atoms with Crippen LogP contribution in [0.25, 0.3) is 0 Å². The molecule has 2 rings (SSSR count). The van der Waals surface area contributed by atoms with Crippen molar-refractivity contribution in [3.8, 4) is 0 Å². The number of nitrogens with two attached hydrogens (primary N) is 1. The van der Waals surface area contributed by atoms with Crippen LogP contribution in [0.1, 0.15) is 30.7 Å². The van der Waals surface area contributed by atoms with Crippen LogP contribution in [-0.2, 0) is 4.79 Å². The maximum atomic E-state index is 13.9. The lowest BCUT2D eigenvalue weighted by Crippen LogP contribution is -2.34. The van der Waals surface area contributed by atoms with Crippen molar-refractivity contribution in [1.82, 2.24) is 4.90 Å². The summed E-state index contributed by atoms with van der Waals surface area (Å²) in [5.74, 6) is -0.702. The molecule has 0 radical (unpaired) electrons. The number of hydrogen-bond donors (Lipinski definition) is 1. The molecule has 22 heavy (non-hydrogen) atoms. The largest absolute Gasteiger partial charge is 0.341 e. The topological polar surface area (TPSA) is 46.3 Å².